The van der Waals surface area contributed by atoms with Crippen LogP contribution in [0, 0.1) is 0 Å². The number of aliphatic hydroxyl groups is 1. The normalized spacial score (nSPS) is 10.9. The van der Waals surface area contributed by atoms with Crippen molar-refractivity contribution < 1.29 is 15.0 Å². The first-order valence-electron chi connectivity index (χ1n) is 8.40. The standard InChI is InChI=1S/C19H19N3O4S/c23-10-4-9-22-18(26)15-7-1-2-8-16(15)21-19(22)27-12-17(25)20-13-5-3-6-14(24)11-13/h1-3,5-8,11,23-24H,4,9-10,12H2,(H,20,25). The molecule has 1 heterocycles. The van der Waals surface area contributed by atoms with Crippen molar-refractivity contribution in [2.45, 2.75) is 18.1 Å². The van der Waals surface area contributed by atoms with E-state index in [-0.39, 0.29) is 29.6 Å². The van der Waals surface area contributed by atoms with E-state index in [2.05, 4.69) is 10.3 Å². The fourth-order valence-corrected chi connectivity index (χ4v) is 3.42. The zero-order valence-corrected chi connectivity index (χ0v) is 15.3. The number of nitrogens with zero attached hydrogens (tertiary/aromatic N) is 2. The van der Waals surface area contributed by atoms with E-state index in [1.54, 1.807) is 36.4 Å². The Morgan fingerprint density at radius 3 is 2.78 bits per heavy atom. The second-order valence-electron chi connectivity index (χ2n) is 5.83. The highest BCUT2D eigenvalue weighted by Gasteiger charge is 2.13. The SMILES string of the molecule is O=C(CSc1nc2ccccc2c(=O)n1CCCO)Nc1cccc(O)c1. The molecule has 0 spiro atoms. The van der Waals surface area contributed by atoms with E-state index in [1.807, 2.05) is 0 Å². The van der Waals surface area contributed by atoms with Crippen LogP contribution in [0.1, 0.15) is 6.42 Å². The minimum Gasteiger partial charge on any atom is -0.508 e. The minimum atomic E-state index is -0.276. The number of hydrogen-bond acceptors (Lipinski definition) is 6. The van der Waals surface area contributed by atoms with Gasteiger partial charge in [0.2, 0.25) is 5.91 Å². The molecule has 7 nitrogen and oxygen atoms in total. The molecule has 0 saturated carbocycles. The maximum Gasteiger partial charge on any atom is 0.262 e. The minimum absolute atomic E-state index is 0.0403. The number of nitrogens with one attached hydrogen (secondary N) is 1. The number of hydrogen-bond donors (Lipinski definition) is 3. The predicted octanol–water partition coefficient (Wildman–Crippen LogP) is 2.22. The number of aromatic nitrogens is 2. The van der Waals surface area contributed by atoms with Crippen LogP contribution in [0.15, 0.2) is 58.5 Å². The fraction of sp³-hybridized carbons (Fsp3) is 0.211. The maximum absolute atomic E-state index is 12.7. The Morgan fingerprint density at radius 2 is 2.00 bits per heavy atom. The summed E-state index contributed by atoms with van der Waals surface area (Å²) in [6.07, 6.45) is 0.420. The number of carbonyl (C=O) groups excluding carboxylic acids is 1. The number of anilines is 1. The Hall–Kier alpha value is -2.84. The summed E-state index contributed by atoms with van der Waals surface area (Å²) in [6.45, 7) is 0.283. The lowest BCUT2D eigenvalue weighted by atomic mass is 10.2. The highest BCUT2D eigenvalue weighted by atomic mass is 32.2. The largest absolute Gasteiger partial charge is 0.508 e. The van der Waals surface area contributed by atoms with Crippen LogP contribution < -0.4 is 10.9 Å². The van der Waals surface area contributed by atoms with E-state index >= 15 is 0 Å². The summed E-state index contributed by atoms with van der Waals surface area (Å²) in [5.41, 5.74) is 0.869. The van der Waals surface area contributed by atoms with Crippen molar-refractivity contribution in [3.05, 3.63) is 58.9 Å². The van der Waals surface area contributed by atoms with Gasteiger partial charge in [0, 0.05) is 24.9 Å². The summed E-state index contributed by atoms with van der Waals surface area (Å²) < 4.78 is 1.49. The summed E-state index contributed by atoms with van der Waals surface area (Å²) in [6, 6.07) is 13.3. The van der Waals surface area contributed by atoms with Crippen molar-refractivity contribution in [2.24, 2.45) is 0 Å². The van der Waals surface area contributed by atoms with E-state index in [4.69, 9.17) is 5.11 Å². The van der Waals surface area contributed by atoms with Gasteiger partial charge in [0.25, 0.3) is 5.56 Å². The molecule has 140 valence electrons. The molecule has 0 aliphatic carbocycles. The molecule has 0 aliphatic rings. The molecule has 0 unspecified atom stereocenters. The number of para-hydroxylation sites is 1. The van der Waals surface area contributed by atoms with Gasteiger partial charge >= 0.3 is 0 Å². The van der Waals surface area contributed by atoms with Gasteiger partial charge < -0.3 is 15.5 Å². The smallest absolute Gasteiger partial charge is 0.262 e. The molecule has 2 aromatic carbocycles. The van der Waals surface area contributed by atoms with Crippen molar-refractivity contribution in [3.63, 3.8) is 0 Å². The fourth-order valence-electron chi connectivity index (χ4n) is 2.59. The van der Waals surface area contributed by atoms with Gasteiger partial charge in [-0.05, 0) is 30.7 Å². The van der Waals surface area contributed by atoms with Crippen LogP contribution in [0.25, 0.3) is 10.9 Å². The number of benzene rings is 2. The number of fused-ring (bicyclic) bond motifs is 1. The van der Waals surface area contributed by atoms with Crippen LogP contribution in [0.4, 0.5) is 5.69 Å². The molecular formula is C19H19N3O4S. The Labute approximate surface area is 159 Å². The van der Waals surface area contributed by atoms with E-state index < -0.39 is 0 Å². The molecule has 1 aromatic heterocycles. The summed E-state index contributed by atoms with van der Waals surface area (Å²) >= 11 is 1.15. The molecule has 0 atom stereocenters. The molecule has 3 N–H and O–H groups in total. The third-order valence-corrected chi connectivity index (χ3v) is 4.81. The van der Waals surface area contributed by atoms with E-state index in [9.17, 15) is 14.7 Å². The average molecular weight is 385 g/mol. The number of aliphatic hydroxyl groups excluding tert-OH is 1. The average Bonchev–Trinajstić information content (AvgIpc) is 2.66. The van der Waals surface area contributed by atoms with Gasteiger partial charge in [-0.1, -0.05) is 30.0 Å². The monoisotopic (exact) mass is 385 g/mol. The highest BCUT2D eigenvalue weighted by Crippen LogP contribution is 2.20. The lowest BCUT2D eigenvalue weighted by Gasteiger charge is -2.12. The first kappa shape index (κ1) is 18.9. The van der Waals surface area contributed by atoms with E-state index in [0.29, 0.717) is 34.7 Å². The third-order valence-electron chi connectivity index (χ3n) is 3.83. The molecule has 0 bridgehead atoms. The molecule has 1 amide bonds. The van der Waals surface area contributed by atoms with Gasteiger partial charge in [-0.25, -0.2) is 4.98 Å². The molecule has 0 fully saturated rings. The molecule has 0 saturated heterocycles. The number of rotatable bonds is 7. The third kappa shape index (κ3) is 4.66. The number of thioether (sulfide) groups is 1. The van der Waals surface area contributed by atoms with Crippen LogP contribution in [0.3, 0.4) is 0 Å². The maximum atomic E-state index is 12.7. The molecule has 3 aromatic rings. The van der Waals surface area contributed by atoms with Gasteiger partial charge in [-0.3, -0.25) is 14.2 Å². The van der Waals surface area contributed by atoms with Crippen LogP contribution >= 0.6 is 11.8 Å². The summed E-state index contributed by atoms with van der Waals surface area (Å²) in [7, 11) is 0. The zero-order valence-electron chi connectivity index (χ0n) is 14.5. The molecule has 27 heavy (non-hydrogen) atoms. The van der Waals surface area contributed by atoms with Crippen LogP contribution in [0.2, 0.25) is 0 Å². The molecule has 0 aliphatic heterocycles. The van der Waals surface area contributed by atoms with Gasteiger partial charge in [0.05, 0.1) is 16.7 Å². The number of amides is 1. The Balaban J connectivity index is 1.80. The number of phenols is 1. The van der Waals surface area contributed by atoms with Crippen molar-refractivity contribution in [2.75, 3.05) is 17.7 Å². The van der Waals surface area contributed by atoms with Crippen molar-refractivity contribution in [1.82, 2.24) is 9.55 Å². The first-order valence-corrected chi connectivity index (χ1v) is 9.39. The highest BCUT2D eigenvalue weighted by molar-refractivity contribution is 7.99. The molecule has 3 rings (SSSR count). The summed E-state index contributed by atoms with van der Waals surface area (Å²) in [5, 5.41) is 22.2. The molecular weight excluding hydrogens is 366 g/mol. The summed E-state index contributed by atoms with van der Waals surface area (Å²) in [5.74, 6) is -0.157. The summed E-state index contributed by atoms with van der Waals surface area (Å²) in [4.78, 5) is 29.4. The first-order chi connectivity index (χ1) is 13.1. The Kier molecular flexibility index (Phi) is 6.10. The van der Waals surface area contributed by atoms with E-state index in [0.717, 1.165) is 11.8 Å². The molecule has 0 radical (unpaired) electrons. The predicted molar refractivity (Wildman–Crippen MR) is 105 cm³/mol. The number of aromatic hydroxyl groups is 1. The Morgan fingerprint density at radius 1 is 1.19 bits per heavy atom. The van der Waals surface area contributed by atoms with Crippen LogP contribution in [-0.4, -0.2) is 38.0 Å². The van der Waals surface area contributed by atoms with Crippen LogP contribution in [-0.2, 0) is 11.3 Å². The molecule has 8 heteroatoms. The van der Waals surface area contributed by atoms with Gasteiger partial charge in [-0.15, -0.1) is 0 Å². The lowest BCUT2D eigenvalue weighted by molar-refractivity contribution is -0.113. The quantitative estimate of drug-likeness (QED) is 0.425. The lowest BCUT2D eigenvalue weighted by Crippen LogP contribution is -2.24. The number of phenolic OH excluding ortho intramolecular Hbond substituents is 1. The van der Waals surface area contributed by atoms with Gasteiger partial charge in [0.1, 0.15) is 5.75 Å². The second kappa shape index (κ2) is 8.70. The van der Waals surface area contributed by atoms with Crippen molar-refractivity contribution >= 4 is 34.3 Å². The van der Waals surface area contributed by atoms with Crippen molar-refractivity contribution in [3.8, 4) is 5.75 Å². The van der Waals surface area contributed by atoms with Gasteiger partial charge in [0.15, 0.2) is 5.16 Å². The topological polar surface area (TPSA) is 104 Å². The second-order valence-corrected chi connectivity index (χ2v) is 6.78. The van der Waals surface area contributed by atoms with Crippen molar-refractivity contribution in [1.29, 1.82) is 0 Å². The Bertz CT molecular complexity index is 1020. The van der Waals surface area contributed by atoms with Gasteiger partial charge in [-0.2, -0.15) is 0 Å². The number of carbonyl (C=O) groups is 1. The van der Waals surface area contributed by atoms with Crippen LogP contribution in [0.5, 0.6) is 5.75 Å². The zero-order chi connectivity index (χ0) is 19.2. The van der Waals surface area contributed by atoms with E-state index in [1.165, 1.54) is 16.7 Å².